The zero-order valence-electron chi connectivity index (χ0n) is 16.4. The molecule has 1 aliphatic carbocycles. The van der Waals surface area contributed by atoms with Gasteiger partial charge in [0.15, 0.2) is 8.29 Å². The first-order valence-electron chi connectivity index (χ1n) is 9.95. The lowest BCUT2D eigenvalue weighted by molar-refractivity contribution is 0.0867. The van der Waals surface area contributed by atoms with Gasteiger partial charge in [0, 0.05) is 17.4 Å². The fourth-order valence-corrected chi connectivity index (χ4v) is 5.76. The summed E-state index contributed by atoms with van der Waals surface area (Å²) < 4.78 is 3.35. The lowest BCUT2D eigenvalue weighted by Gasteiger charge is -2.26. The van der Waals surface area contributed by atoms with Crippen LogP contribution in [0.2, 0.25) is 0 Å². The van der Waals surface area contributed by atoms with Gasteiger partial charge in [-0.15, -0.1) is 5.10 Å². The Kier molecular flexibility index (Phi) is 6.99. The van der Waals surface area contributed by atoms with Crippen molar-refractivity contribution < 1.29 is 9.90 Å². The molecule has 3 aromatic rings. The predicted octanol–water partition coefficient (Wildman–Crippen LogP) is 4.99. The van der Waals surface area contributed by atoms with Crippen molar-refractivity contribution in [2.75, 3.05) is 0 Å². The first-order chi connectivity index (χ1) is 14.6. The Morgan fingerprint density at radius 2 is 1.83 bits per heavy atom. The summed E-state index contributed by atoms with van der Waals surface area (Å²) in [5, 5.41) is 17.3. The first kappa shape index (κ1) is 21.2. The molecule has 1 heterocycles. The highest BCUT2D eigenvalue weighted by Gasteiger charge is 2.21. The fraction of sp³-hybridized carbons (Fsp3) is 0.318. The van der Waals surface area contributed by atoms with Crippen LogP contribution in [0.3, 0.4) is 0 Å². The third kappa shape index (κ3) is 5.37. The minimum absolute atomic E-state index is 0.0797. The van der Waals surface area contributed by atoms with Crippen LogP contribution in [-0.4, -0.2) is 32.9 Å². The van der Waals surface area contributed by atoms with Crippen molar-refractivity contribution in [1.29, 1.82) is 0 Å². The maximum Gasteiger partial charge on any atom is 0.251 e. The van der Waals surface area contributed by atoms with E-state index in [4.69, 9.17) is 12.2 Å². The molecule has 1 amide bonds. The molecule has 0 aliphatic heterocycles. The van der Waals surface area contributed by atoms with E-state index < -0.39 is 0 Å². The average molecular weight is 458 g/mol. The summed E-state index contributed by atoms with van der Waals surface area (Å²) in [6, 6.07) is 17.8. The number of aliphatic hydroxyl groups is 1. The number of aromatic nitrogens is 2. The molecule has 0 spiro atoms. The number of thioether (sulfide) groups is 1. The van der Waals surface area contributed by atoms with Gasteiger partial charge in [-0.1, -0.05) is 53.4 Å². The molecule has 1 fully saturated rings. The van der Waals surface area contributed by atoms with E-state index in [9.17, 15) is 9.90 Å². The molecule has 1 aliphatic rings. The zero-order valence-corrected chi connectivity index (χ0v) is 18.8. The molecule has 8 heteroatoms. The molecule has 0 unspecified atom stereocenters. The Morgan fingerprint density at radius 3 is 2.53 bits per heavy atom. The lowest BCUT2D eigenvalue weighted by atomic mass is 9.93. The number of aliphatic hydroxyl groups excluding tert-OH is 1. The highest BCUT2D eigenvalue weighted by molar-refractivity contribution is 8.00. The maximum atomic E-state index is 12.5. The van der Waals surface area contributed by atoms with E-state index in [-0.39, 0.29) is 18.1 Å². The third-order valence-electron chi connectivity index (χ3n) is 5.14. The van der Waals surface area contributed by atoms with Crippen molar-refractivity contribution in [3.05, 3.63) is 69.7 Å². The molecule has 0 radical (unpaired) electrons. The molecule has 1 aromatic heterocycles. The highest BCUT2D eigenvalue weighted by Crippen LogP contribution is 2.27. The van der Waals surface area contributed by atoms with Crippen LogP contribution in [0.5, 0.6) is 0 Å². The molecule has 0 bridgehead atoms. The van der Waals surface area contributed by atoms with Crippen molar-refractivity contribution in [1.82, 2.24) is 15.1 Å². The molecule has 4 rings (SSSR count). The molecule has 2 N–H and O–H groups in total. The van der Waals surface area contributed by atoms with Crippen LogP contribution in [0.15, 0.2) is 58.9 Å². The Morgan fingerprint density at radius 1 is 1.13 bits per heavy atom. The summed E-state index contributed by atoms with van der Waals surface area (Å²) in [4.78, 5) is 12.5. The van der Waals surface area contributed by atoms with E-state index in [0.717, 1.165) is 41.5 Å². The van der Waals surface area contributed by atoms with Crippen LogP contribution in [0, 0.1) is 3.95 Å². The van der Waals surface area contributed by atoms with Crippen LogP contribution in [0.25, 0.3) is 5.69 Å². The second-order valence-corrected chi connectivity index (χ2v) is 10.2. The number of hydrogen-bond acceptors (Lipinski definition) is 6. The van der Waals surface area contributed by atoms with Gasteiger partial charge in [-0.2, -0.15) is 0 Å². The SMILES string of the molecule is O=C(NC1CCC(O)CC1)c1ccc(-n2nc(SCc3ccccc3)sc2=S)cc1. The van der Waals surface area contributed by atoms with Gasteiger partial charge in [0.05, 0.1) is 11.8 Å². The van der Waals surface area contributed by atoms with E-state index in [1.165, 1.54) is 16.9 Å². The summed E-state index contributed by atoms with van der Waals surface area (Å²) in [5.74, 6) is 0.768. The smallest absolute Gasteiger partial charge is 0.251 e. The Labute approximate surface area is 189 Å². The maximum absolute atomic E-state index is 12.5. The second kappa shape index (κ2) is 9.87. The van der Waals surface area contributed by atoms with E-state index in [1.54, 1.807) is 28.6 Å². The standard InChI is InChI=1S/C22H23N3O2S3/c26-19-12-8-17(9-13-19)23-20(27)16-6-10-18(11-7-16)25-22(28)30-21(24-25)29-14-15-4-2-1-3-5-15/h1-7,10-11,17,19,26H,8-9,12-14H2,(H,23,27). The average Bonchev–Trinajstić information content (AvgIpc) is 3.15. The number of rotatable bonds is 6. The van der Waals surface area contributed by atoms with Crippen LogP contribution in [-0.2, 0) is 5.75 Å². The number of carbonyl (C=O) groups is 1. The third-order valence-corrected chi connectivity index (χ3v) is 7.58. The topological polar surface area (TPSA) is 67.2 Å². The first-order valence-corrected chi connectivity index (χ1v) is 12.2. The van der Waals surface area contributed by atoms with E-state index in [2.05, 4.69) is 22.5 Å². The predicted molar refractivity (Wildman–Crippen MR) is 124 cm³/mol. The molecule has 5 nitrogen and oxygen atoms in total. The minimum Gasteiger partial charge on any atom is -0.393 e. The van der Waals surface area contributed by atoms with Gasteiger partial charge in [-0.25, -0.2) is 4.68 Å². The fourth-order valence-electron chi connectivity index (χ4n) is 3.44. The van der Waals surface area contributed by atoms with Crippen molar-refractivity contribution in [2.24, 2.45) is 0 Å². The molecule has 0 atom stereocenters. The van der Waals surface area contributed by atoms with Gasteiger partial charge in [0.1, 0.15) is 0 Å². The van der Waals surface area contributed by atoms with Crippen molar-refractivity contribution >= 4 is 41.2 Å². The van der Waals surface area contributed by atoms with Crippen molar-refractivity contribution in [2.45, 2.75) is 47.9 Å². The molecule has 0 saturated heterocycles. The molecule has 156 valence electrons. The number of hydrogen-bond donors (Lipinski definition) is 2. The Balaban J connectivity index is 1.39. The molecule has 2 aromatic carbocycles. The minimum atomic E-state index is -0.226. The van der Waals surface area contributed by atoms with E-state index >= 15 is 0 Å². The number of carbonyl (C=O) groups excluding carboxylic acids is 1. The largest absolute Gasteiger partial charge is 0.393 e. The van der Waals surface area contributed by atoms with Gasteiger partial charge in [0.25, 0.3) is 5.91 Å². The summed E-state index contributed by atoms with van der Waals surface area (Å²) >= 11 is 8.65. The van der Waals surface area contributed by atoms with E-state index in [0.29, 0.717) is 9.52 Å². The van der Waals surface area contributed by atoms with Gasteiger partial charge in [-0.3, -0.25) is 4.79 Å². The van der Waals surface area contributed by atoms with Crippen LogP contribution >= 0.6 is 35.3 Å². The Hall–Kier alpha value is -2.00. The summed E-state index contributed by atoms with van der Waals surface area (Å²) in [6.45, 7) is 0. The number of nitrogens with one attached hydrogen (secondary N) is 1. The van der Waals surface area contributed by atoms with Crippen LogP contribution in [0.4, 0.5) is 0 Å². The molecular weight excluding hydrogens is 434 g/mol. The zero-order chi connectivity index (χ0) is 20.9. The van der Waals surface area contributed by atoms with Gasteiger partial charge < -0.3 is 10.4 Å². The summed E-state index contributed by atoms with van der Waals surface area (Å²) in [5.41, 5.74) is 2.71. The molecule has 30 heavy (non-hydrogen) atoms. The highest BCUT2D eigenvalue weighted by atomic mass is 32.2. The van der Waals surface area contributed by atoms with Gasteiger partial charge in [-0.05, 0) is 67.7 Å². The summed E-state index contributed by atoms with van der Waals surface area (Å²) in [7, 11) is 0. The van der Waals surface area contributed by atoms with Gasteiger partial charge in [0.2, 0.25) is 0 Å². The normalized spacial score (nSPS) is 18.8. The molecule has 1 saturated carbocycles. The number of amides is 1. The summed E-state index contributed by atoms with van der Waals surface area (Å²) in [6.07, 6.45) is 2.91. The van der Waals surface area contributed by atoms with Crippen LogP contribution in [0.1, 0.15) is 41.6 Å². The second-order valence-electron chi connectivity index (χ2n) is 7.35. The monoisotopic (exact) mass is 457 g/mol. The van der Waals surface area contributed by atoms with Crippen molar-refractivity contribution in [3.63, 3.8) is 0 Å². The van der Waals surface area contributed by atoms with Crippen molar-refractivity contribution in [3.8, 4) is 5.69 Å². The number of nitrogens with zero attached hydrogens (tertiary/aromatic N) is 2. The quantitative estimate of drug-likeness (QED) is 0.403. The number of benzene rings is 2. The molecular formula is C22H23N3O2S3. The Bertz CT molecular complexity index is 1040. The van der Waals surface area contributed by atoms with E-state index in [1.807, 2.05) is 30.3 Å². The lowest BCUT2D eigenvalue weighted by Crippen LogP contribution is -2.38. The van der Waals surface area contributed by atoms with Crippen LogP contribution < -0.4 is 5.32 Å². The van der Waals surface area contributed by atoms with Gasteiger partial charge >= 0.3 is 0 Å².